The van der Waals surface area contributed by atoms with Crippen molar-refractivity contribution in [3.05, 3.63) is 24.0 Å². The molecule has 52 valence electrons. The van der Waals surface area contributed by atoms with Crippen LogP contribution in [0.2, 0.25) is 0 Å². The number of Topliss-reactive ketones (excluding diaryl/α,β-unsaturated/α-hetero) is 1. The molecule has 10 heavy (non-hydrogen) atoms. The smallest absolute Gasteiger partial charge is 0.161 e. The summed E-state index contributed by atoms with van der Waals surface area (Å²) in [5.41, 5.74) is 1.15. The number of nitrogens with zero attached hydrogens (tertiary/aromatic N) is 1. The molecular formula is C8H9NO. The van der Waals surface area contributed by atoms with E-state index in [0.717, 1.165) is 5.69 Å². The van der Waals surface area contributed by atoms with Gasteiger partial charge in [-0.2, -0.15) is 0 Å². The average molecular weight is 135 g/mol. The molecule has 1 aromatic heterocycles. The highest BCUT2D eigenvalue weighted by atomic mass is 16.1. The van der Waals surface area contributed by atoms with Gasteiger partial charge >= 0.3 is 0 Å². The van der Waals surface area contributed by atoms with E-state index in [-0.39, 0.29) is 6.04 Å². The van der Waals surface area contributed by atoms with Crippen molar-refractivity contribution in [3.63, 3.8) is 0 Å². The maximum absolute atomic E-state index is 11.1. The number of rotatable bonds is 0. The molecule has 0 amide bonds. The third kappa shape index (κ3) is 0.561. The summed E-state index contributed by atoms with van der Waals surface area (Å²) in [4.78, 5) is 11.1. The molecule has 0 bridgehead atoms. The zero-order valence-corrected chi connectivity index (χ0v) is 5.87. The van der Waals surface area contributed by atoms with Gasteiger partial charge in [0.1, 0.15) is 0 Å². The first-order valence-corrected chi connectivity index (χ1v) is 3.47. The maximum atomic E-state index is 11.1. The van der Waals surface area contributed by atoms with Crippen LogP contribution in [0.5, 0.6) is 0 Å². The second kappa shape index (κ2) is 1.72. The van der Waals surface area contributed by atoms with Crippen molar-refractivity contribution in [1.29, 1.82) is 0 Å². The summed E-state index contributed by atoms with van der Waals surface area (Å²) in [5.74, 6) is 0.329. The second-order valence-electron chi connectivity index (χ2n) is 2.73. The van der Waals surface area contributed by atoms with Gasteiger partial charge in [0, 0.05) is 18.3 Å². The van der Waals surface area contributed by atoms with Crippen LogP contribution in [0.25, 0.3) is 0 Å². The molecule has 1 aromatic rings. The van der Waals surface area contributed by atoms with Gasteiger partial charge in [-0.3, -0.25) is 4.79 Å². The Balaban J connectivity index is 2.52. The molecule has 1 atom stereocenters. The molecule has 0 saturated carbocycles. The molecule has 0 saturated heterocycles. The fraction of sp³-hybridized carbons (Fsp3) is 0.375. The van der Waals surface area contributed by atoms with E-state index in [4.69, 9.17) is 0 Å². The molecule has 0 aliphatic carbocycles. The minimum absolute atomic E-state index is 0.0741. The molecule has 0 N–H and O–H groups in total. The van der Waals surface area contributed by atoms with E-state index in [2.05, 4.69) is 0 Å². The molecule has 0 spiro atoms. The molecule has 2 nitrogen and oxygen atoms in total. The van der Waals surface area contributed by atoms with Crippen molar-refractivity contribution in [2.75, 3.05) is 0 Å². The second-order valence-corrected chi connectivity index (χ2v) is 2.73. The van der Waals surface area contributed by atoms with Crippen LogP contribution < -0.4 is 0 Å². The van der Waals surface area contributed by atoms with Crippen molar-refractivity contribution in [1.82, 2.24) is 4.57 Å². The Kier molecular flexibility index (Phi) is 0.982. The van der Waals surface area contributed by atoms with Crippen LogP contribution in [0, 0.1) is 0 Å². The first-order valence-electron chi connectivity index (χ1n) is 3.47. The Morgan fingerprint density at radius 3 is 3.20 bits per heavy atom. The van der Waals surface area contributed by atoms with Crippen molar-refractivity contribution in [3.8, 4) is 0 Å². The Hall–Kier alpha value is -1.05. The van der Waals surface area contributed by atoms with Gasteiger partial charge in [0.2, 0.25) is 0 Å². The summed E-state index contributed by atoms with van der Waals surface area (Å²) in [6.45, 7) is 1.94. The van der Waals surface area contributed by atoms with Gasteiger partial charge in [0.05, 0.1) is 6.04 Å². The molecule has 1 aliphatic rings. The van der Waals surface area contributed by atoms with Gasteiger partial charge in [0.15, 0.2) is 5.78 Å². The summed E-state index contributed by atoms with van der Waals surface area (Å²) in [5, 5.41) is 0. The summed E-state index contributed by atoms with van der Waals surface area (Å²) in [6.07, 6.45) is 2.58. The van der Waals surface area contributed by atoms with Crippen LogP contribution >= 0.6 is 0 Å². The summed E-state index contributed by atoms with van der Waals surface area (Å²) < 4.78 is 2.03. The van der Waals surface area contributed by atoms with Crippen LogP contribution in [-0.2, 0) is 11.2 Å². The fourth-order valence-electron chi connectivity index (χ4n) is 1.44. The molecule has 0 aromatic carbocycles. The number of hydrogen-bond acceptors (Lipinski definition) is 1. The molecule has 0 fully saturated rings. The number of carbonyl (C=O) groups excluding carboxylic acids is 1. The van der Waals surface area contributed by atoms with Gasteiger partial charge in [-0.15, -0.1) is 0 Å². The number of carbonyl (C=O) groups is 1. The third-order valence-corrected chi connectivity index (χ3v) is 2.11. The number of ketones is 1. The van der Waals surface area contributed by atoms with Gasteiger partial charge in [-0.1, -0.05) is 0 Å². The Morgan fingerprint density at radius 2 is 2.50 bits per heavy atom. The highest BCUT2D eigenvalue weighted by molar-refractivity contribution is 5.86. The molecule has 2 heterocycles. The van der Waals surface area contributed by atoms with Gasteiger partial charge in [0.25, 0.3) is 0 Å². The monoisotopic (exact) mass is 135 g/mol. The minimum atomic E-state index is 0.0741. The lowest BCUT2D eigenvalue weighted by Crippen LogP contribution is -2.05. The first kappa shape index (κ1) is 5.71. The van der Waals surface area contributed by atoms with Crippen molar-refractivity contribution >= 4 is 5.78 Å². The highest BCUT2D eigenvalue weighted by Gasteiger charge is 2.24. The van der Waals surface area contributed by atoms with Gasteiger partial charge < -0.3 is 4.57 Å². The van der Waals surface area contributed by atoms with Crippen molar-refractivity contribution < 1.29 is 4.79 Å². The first-order chi connectivity index (χ1) is 4.79. The largest absolute Gasteiger partial charge is 0.341 e. The van der Waals surface area contributed by atoms with Crippen LogP contribution in [0.1, 0.15) is 18.7 Å². The fourth-order valence-corrected chi connectivity index (χ4v) is 1.44. The van der Waals surface area contributed by atoms with E-state index in [0.29, 0.717) is 12.2 Å². The van der Waals surface area contributed by atoms with Crippen LogP contribution in [0.15, 0.2) is 18.3 Å². The summed E-state index contributed by atoms with van der Waals surface area (Å²) in [7, 11) is 0. The molecule has 0 radical (unpaired) electrons. The molecule has 1 unspecified atom stereocenters. The number of fused-ring (bicyclic) bond motifs is 1. The summed E-state index contributed by atoms with van der Waals surface area (Å²) >= 11 is 0. The van der Waals surface area contributed by atoms with Crippen molar-refractivity contribution in [2.24, 2.45) is 0 Å². The zero-order chi connectivity index (χ0) is 7.14. The van der Waals surface area contributed by atoms with E-state index >= 15 is 0 Å². The van der Waals surface area contributed by atoms with E-state index in [9.17, 15) is 4.79 Å². The van der Waals surface area contributed by atoms with Crippen LogP contribution in [-0.4, -0.2) is 10.4 Å². The Bertz CT molecular complexity index is 275. The number of aromatic nitrogens is 1. The standard InChI is InChI=1S/C8H9NO/c1-6-8(10)5-7-3-2-4-9(6)7/h2-4,6H,5H2,1H3. The highest BCUT2D eigenvalue weighted by Crippen LogP contribution is 2.21. The molecule has 2 heteroatoms. The Labute approximate surface area is 59.5 Å². The predicted octanol–water partition coefficient (Wildman–Crippen LogP) is 1.17. The Morgan fingerprint density at radius 1 is 1.70 bits per heavy atom. The van der Waals surface area contributed by atoms with Gasteiger partial charge in [-0.05, 0) is 19.1 Å². The van der Waals surface area contributed by atoms with E-state index in [1.807, 2.05) is 29.8 Å². The van der Waals surface area contributed by atoms with E-state index in [1.165, 1.54) is 0 Å². The summed E-state index contributed by atoms with van der Waals surface area (Å²) in [6, 6.07) is 4.06. The average Bonchev–Trinajstić information content (AvgIpc) is 2.41. The van der Waals surface area contributed by atoms with E-state index in [1.54, 1.807) is 0 Å². The van der Waals surface area contributed by atoms with Crippen LogP contribution in [0.4, 0.5) is 0 Å². The molecule has 1 aliphatic heterocycles. The van der Waals surface area contributed by atoms with Gasteiger partial charge in [-0.25, -0.2) is 0 Å². The molecular weight excluding hydrogens is 126 g/mol. The van der Waals surface area contributed by atoms with Crippen LogP contribution in [0.3, 0.4) is 0 Å². The predicted molar refractivity (Wildman–Crippen MR) is 37.9 cm³/mol. The minimum Gasteiger partial charge on any atom is -0.341 e. The lowest BCUT2D eigenvalue weighted by atomic mass is 10.2. The quantitative estimate of drug-likeness (QED) is 0.523. The topological polar surface area (TPSA) is 22.0 Å². The molecule has 2 rings (SSSR count). The maximum Gasteiger partial charge on any atom is 0.161 e. The SMILES string of the molecule is CC1C(=O)Cc2cccn21. The zero-order valence-electron chi connectivity index (χ0n) is 5.87. The van der Waals surface area contributed by atoms with E-state index < -0.39 is 0 Å². The third-order valence-electron chi connectivity index (χ3n) is 2.11. The lowest BCUT2D eigenvalue weighted by molar-refractivity contribution is -0.119. The lowest BCUT2D eigenvalue weighted by Gasteiger charge is -2.02. The van der Waals surface area contributed by atoms with Crippen molar-refractivity contribution in [2.45, 2.75) is 19.4 Å². The number of hydrogen-bond donors (Lipinski definition) is 0. The normalized spacial score (nSPS) is 23.3.